The number of hydrogen-bond acceptors (Lipinski definition) is 4. The van der Waals surface area contributed by atoms with Gasteiger partial charge in [0, 0.05) is 6.42 Å². The third-order valence-corrected chi connectivity index (χ3v) is 2.53. The highest BCUT2D eigenvalue weighted by molar-refractivity contribution is 4.83. The van der Waals surface area contributed by atoms with Crippen LogP contribution in [0, 0.1) is 5.92 Å². The summed E-state index contributed by atoms with van der Waals surface area (Å²) < 4.78 is 4.71. The maximum atomic E-state index is 4.71. The molecule has 4 heteroatoms. The van der Waals surface area contributed by atoms with Gasteiger partial charge in [-0.25, -0.2) is 0 Å². The minimum Gasteiger partial charge on any atom is -0.343 e. The van der Waals surface area contributed by atoms with Gasteiger partial charge in [-0.1, -0.05) is 11.6 Å². The van der Waals surface area contributed by atoms with Gasteiger partial charge in [0.05, 0.1) is 0 Å². The van der Waals surface area contributed by atoms with Gasteiger partial charge in [0.25, 0.3) is 0 Å². The molecule has 1 N–H and O–H groups in total. The summed E-state index contributed by atoms with van der Waals surface area (Å²) >= 11 is 0. The molecule has 4 nitrogen and oxygen atoms in total. The first-order valence-corrected chi connectivity index (χ1v) is 4.91. The summed E-state index contributed by atoms with van der Waals surface area (Å²) in [6, 6.07) is 0. The van der Waals surface area contributed by atoms with E-state index in [1.165, 1.54) is 25.7 Å². The van der Waals surface area contributed by atoms with Crippen LogP contribution in [-0.2, 0) is 6.42 Å². The molecular formula is C9H15N3O. The van der Waals surface area contributed by atoms with Crippen molar-refractivity contribution in [2.75, 3.05) is 13.1 Å². The summed E-state index contributed by atoms with van der Waals surface area (Å²) in [5.74, 6) is 1.52. The molecule has 1 aliphatic rings. The van der Waals surface area contributed by atoms with Gasteiger partial charge in [-0.2, -0.15) is 4.98 Å². The number of nitrogens with one attached hydrogen (secondary N) is 1. The summed E-state index contributed by atoms with van der Waals surface area (Å²) in [5.41, 5.74) is 0. The SMILES string of the molecule is c1nc(CC2CCCCNC2)no1. The molecule has 0 amide bonds. The Morgan fingerprint density at radius 1 is 1.54 bits per heavy atom. The average Bonchev–Trinajstić information content (AvgIpc) is 2.49. The molecule has 0 radical (unpaired) electrons. The molecule has 1 aromatic rings. The van der Waals surface area contributed by atoms with Gasteiger partial charge in [-0.3, -0.25) is 0 Å². The Labute approximate surface area is 77.7 Å². The van der Waals surface area contributed by atoms with Crippen molar-refractivity contribution in [1.82, 2.24) is 15.5 Å². The Morgan fingerprint density at radius 2 is 2.54 bits per heavy atom. The molecule has 1 atom stereocenters. The molecule has 1 aromatic heterocycles. The largest absolute Gasteiger partial charge is 0.343 e. The first kappa shape index (κ1) is 8.69. The third kappa shape index (κ3) is 2.52. The molecule has 1 saturated heterocycles. The van der Waals surface area contributed by atoms with Gasteiger partial charge in [-0.05, 0) is 31.8 Å². The third-order valence-electron chi connectivity index (χ3n) is 2.53. The van der Waals surface area contributed by atoms with Crippen molar-refractivity contribution < 1.29 is 4.52 Å². The molecule has 1 fully saturated rings. The average molecular weight is 181 g/mol. The standard InChI is InChI=1S/C9H15N3O/c1-2-4-10-6-8(3-1)5-9-11-7-13-12-9/h7-8,10H,1-6H2. The quantitative estimate of drug-likeness (QED) is 0.739. The number of nitrogens with zero attached hydrogens (tertiary/aromatic N) is 2. The van der Waals surface area contributed by atoms with Crippen LogP contribution in [0.2, 0.25) is 0 Å². The summed E-state index contributed by atoms with van der Waals surface area (Å²) in [6.45, 7) is 2.25. The van der Waals surface area contributed by atoms with Crippen LogP contribution in [0.5, 0.6) is 0 Å². The Kier molecular flexibility index (Phi) is 2.92. The lowest BCUT2D eigenvalue weighted by atomic mass is 10.00. The van der Waals surface area contributed by atoms with Crippen LogP contribution in [0.25, 0.3) is 0 Å². The molecule has 2 heterocycles. The van der Waals surface area contributed by atoms with Crippen LogP contribution < -0.4 is 5.32 Å². The van der Waals surface area contributed by atoms with Crippen LogP contribution in [0.15, 0.2) is 10.9 Å². The van der Waals surface area contributed by atoms with Crippen molar-refractivity contribution in [3.8, 4) is 0 Å². The Hall–Kier alpha value is -0.900. The minimum atomic E-state index is 0.681. The molecule has 0 saturated carbocycles. The van der Waals surface area contributed by atoms with Crippen molar-refractivity contribution in [3.05, 3.63) is 12.2 Å². The summed E-state index contributed by atoms with van der Waals surface area (Å²) in [4.78, 5) is 4.04. The van der Waals surface area contributed by atoms with E-state index < -0.39 is 0 Å². The first-order chi connectivity index (χ1) is 6.45. The smallest absolute Gasteiger partial charge is 0.213 e. The number of hydrogen-bond donors (Lipinski definition) is 1. The van der Waals surface area contributed by atoms with Gasteiger partial charge in [-0.15, -0.1) is 0 Å². The van der Waals surface area contributed by atoms with E-state index in [-0.39, 0.29) is 0 Å². The second-order valence-electron chi connectivity index (χ2n) is 3.62. The fourth-order valence-corrected chi connectivity index (χ4v) is 1.81. The molecule has 72 valence electrons. The lowest BCUT2D eigenvalue weighted by Crippen LogP contribution is -2.22. The zero-order chi connectivity index (χ0) is 8.93. The first-order valence-electron chi connectivity index (χ1n) is 4.91. The Balaban J connectivity index is 1.86. The topological polar surface area (TPSA) is 51.0 Å². The molecule has 0 aromatic carbocycles. The van der Waals surface area contributed by atoms with E-state index in [9.17, 15) is 0 Å². The highest BCUT2D eigenvalue weighted by Gasteiger charge is 2.14. The van der Waals surface area contributed by atoms with Gasteiger partial charge >= 0.3 is 0 Å². The predicted molar refractivity (Wildman–Crippen MR) is 48.2 cm³/mol. The normalized spacial score (nSPS) is 24.2. The zero-order valence-corrected chi connectivity index (χ0v) is 7.70. The van der Waals surface area contributed by atoms with Crippen molar-refractivity contribution >= 4 is 0 Å². The van der Waals surface area contributed by atoms with Crippen molar-refractivity contribution in [3.63, 3.8) is 0 Å². The fourth-order valence-electron chi connectivity index (χ4n) is 1.81. The maximum absolute atomic E-state index is 4.71. The Bertz CT molecular complexity index is 227. The van der Waals surface area contributed by atoms with Crippen LogP contribution in [0.4, 0.5) is 0 Å². The molecule has 2 rings (SSSR count). The zero-order valence-electron chi connectivity index (χ0n) is 7.70. The fraction of sp³-hybridized carbons (Fsp3) is 0.778. The highest BCUT2D eigenvalue weighted by atomic mass is 16.5. The van der Waals surface area contributed by atoms with E-state index in [4.69, 9.17) is 4.52 Å². The second kappa shape index (κ2) is 4.37. The number of aromatic nitrogens is 2. The van der Waals surface area contributed by atoms with Crippen LogP contribution in [0.1, 0.15) is 25.1 Å². The highest BCUT2D eigenvalue weighted by Crippen LogP contribution is 2.14. The van der Waals surface area contributed by atoms with E-state index in [2.05, 4.69) is 15.5 Å². The molecule has 0 bridgehead atoms. The molecule has 0 spiro atoms. The molecule has 1 unspecified atom stereocenters. The number of rotatable bonds is 2. The van der Waals surface area contributed by atoms with Crippen molar-refractivity contribution in [2.45, 2.75) is 25.7 Å². The second-order valence-corrected chi connectivity index (χ2v) is 3.62. The van der Waals surface area contributed by atoms with Crippen LogP contribution in [0.3, 0.4) is 0 Å². The van der Waals surface area contributed by atoms with Gasteiger partial charge in [0.1, 0.15) is 0 Å². The molecule has 13 heavy (non-hydrogen) atoms. The van der Waals surface area contributed by atoms with Gasteiger partial charge in [0.15, 0.2) is 5.82 Å². The summed E-state index contributed by atoms with van der Waals surface area (Å²) in [6.07, 6.45) is 6.24. The van der Waals surface area contributed by atoms with E-state index in [0.717, 1.165) is 25.3 Å². The lowest BCUT2D eigenvalue weighted by Gasteiger charge is -2.10. The predicted octanol–water partition coefficient (Wildman–Crippen LogP) is 1.00. The van der Waals surface area contributed by atoms with E-state index in [1.54, 1.807) is 0 Å². The Morgan fingerprint density at radius 3 is 3.38 bits per heavy atom. The minimum absolute atomic E-state index is 0.681. The summed E-state index contributed by atoms with van der Waals surface area (Å²) in [5, 5.41) is 7.25. The van der Waals surface area contributed by atoms with Crippen LogP contribution >= 0.6 is 0 Å². The van der Waals surface area contributed by atoms with Gasteiger partial charge < -0.3 is 9.84 Å². The van der Waals surface area contributed by atoms with E-state index in [1.807, 2.05) is 0 Å². The van der Waals surface area contributed by atoms with Crippen LogP contribution in [-0.4, -0.2) is 23.2 Å². The molecule has 0 aliphatic carbocycles. The van der Waals surface area contributed by atoms with Crippen molar-refractivity contribution in [1.29, 1.82) is 0 Å². The van der Waals surface area contributed by atoms with Gasteiger partial charge in [0.2, 0.25) is 6.39 Å². The molecule has 1 aliphatic heterocycles. The van der Waals surface area contributed by atoms with E-state index >= 15 is 0 Å². The lowest BCUT2D eigenvalue weighted by molar-refractivity contribution is 0.397. The molecular weight excluding hydrogens is 166 g/mol. The maximum Gasteiger partial charge on any atom is 0.213 e. The monoisotopic (exact) mass is 181 g/mol. The summed E-state index contributed by atoms with van der Waals surface area (Å²) in [7, 11) is 0. The van der Waals surface area contributed by atoms with E-state index in [0.29, 0.717) is 5.92 Å². The van der Waals surface area contributed by atoms with Crippen molar-refractivity contribution in [2.24, 2.45) is 5.92 Å².